The molecule has 0 spiro atoms. The van der Waals surface area contributed by atoms with Gasteiger partial charge < -0.3 is 0 Å². The Hall–Kier alpha value is -0.860. The smallest absolute Gasteiger partial charge is 0.0236 e. The Bertz CT molecular complexity index is 492. The molecular formula is C21H32N2. The van der Waals surface area contributed by atoms with Crippen molar-refractivity contribution in [3.63, 3.8) is 0 Å². The number of piperidine rings is 1. The lowest BCUT2D eigenvalue weighted by Gasteiger charge is -2.42. The largest absolute Gasteiger partial charge is 0.300 e. The van der Waals surface area contributed by atoms with E-state index in [1.54, 1.807) is 6.42 Å². The average molecular weight is 313 g/mol. The fraction of sp³-hybridized carbons (Fsp3) is 0.714. The summed E-state index contributed by atoms with van der Waals surface area (Å²) < 4.78 is 0. The molecule has 0 radical (unpaired) electrons. The van der Waals surface area contributed by atoms with Crippen LogP contribution in [0.5, 0.6) is 0 Å². The van der Waals surface area contributed by atoms with Crippen molar-refractivity contribution in [2.45, 2.75) is 64.1 Å². The Morgan fingerprint density at radius 2 is 1.78 bits per heavy atom. The van der Waals surface area contributed by atoms with Crippen LogP contribution in [-0.2, 0) is 6.54 Å². The Kier molecular flexibility index (Phi) is 4.73. The second kappa shape index (κ2) is 6.94. The van der Waals surface area contributed by atoms with Gasteiger partial charge in [-0.25, -0.2) is 0 Å². The first-order chi connectivity index (χ1) is 11.3. The van der Waals surface area contributed by atoms with Gasteiger partial charge in [-0.2, -0.15) is 0 Å². The summed E-state index contributed by atoms with van der Waals surface area (Å²) in [5, 5.41) is 0. The highest BCUT2D eigenvalue weighted by molar-refractivity contribution is 5.14. The topological polar surface area (TPSA) is 6.48 Å². The summed E-state index contributed by atoms with van der Waals surface area (Å²) >= 11 is 0. The molecule has 2 saturated carbocycles. The van der Waals surface area contributed by atoms with Gasteiger partial charge in [-0.1, -0.05) is 43.7 Å². The molecule has 1 saturated heterocycles. The van der Waals surface area contributed by atoms with E-state index in [-0.39, 0.29) is 0 Å². The van der Waals surface area contributed by atoms with Gasteiger partial charge >= 0.3 is 0 Å². The molecule has 1 aromatic carbocycles. The van der Waals surface area contributed by atoms with Crippen molar-refractivity contribution >= 4 is 0 Å². The molecule has 126 valence electrons. The van der Waals surface area contributed by atoms with Gasteiger partial charge in [0, 0.05) is 18.6 Å². The second-order valence-electron chi connectivity index (χ2n) is 8.06. The van der Waals surface area contributed by atoms with Gasteiger partial charge in [0.2, 0.25) is 0 Å². The summed E-state index contributed by atoms with van der Waals surface area (Å²) in [5.74, 6) is 2.12. The van der Waals surface area contributed by atoms with Crippen LogP contribution in [0.15, 0.2) is 30.3 Å². The molecule has 23 heavy (non-hydrogen) atoms. The number of benzene rings is 1. The van der Waals surface area contributed by atoms with Gasteiger partial charge in [-0.05, 0) is 69.1 Å². The Morgan fingerprint density at radius 3 is 2.39 bits per heavy atom. The minimum atomic E-state index is 0.787. The predicted octanol–water partition coefficient (Wildman–Crippen LogP) is 4.16. The van der Waals surface area contributed by atoms with E-state index in [1.807, 2.05) is 0 Å². The quantitative estimate of drug-likeness (QED) is 0.805. The van der Waals surface area contributed by atoms with E-state index in [0.29, 0.717) is 0 Å². The molecule has 0 amide bonds. The van der Waals surface area contributed by atoms with Crippen molar-refractivity contribution in [3.8, 4) is 0 Å². The third-order valence-corrected chi connectivity index (χ3v) is 6.82. The zero-order chi connectivity index (χ0) is 15.6. The minimum Gasteiger partial charge on any atom is -0.300 e. The first-order valence-corrected chi connectivity index (χ1v) is 9.85. The number of hydrogen-bond donors (Lipinski definition) is 0. The molecule has 2 bridgehead atoms. The SMILES string of the molecule is CCN(Cc1ccccc1)C1CCN([C@H]2C[C@H]3CC[C@H]2C3)CC1. The zero-order valence-electron chi connectivity index (χ0n) is 14.7. The summed E-state index contributed by atoms with van der Waals surface area (Å²) in [6.07, 6.45) is 8.84. The van der Waals surface area contributed by atoms with E-state index < -0.39 is 0 Å². The summed E-state index contributed by atoms with van der Waals surface area (Å²) in [6, 6.07) is 12.7. The van der Waals surface area contributed by atoms with Crippen LogP contribution in [0.3, 0.4) is 0 Å². The van der Waals surface area contributed by atoms with Crippen molar-refractivity contribution in [3.05, 3.63) is 35.9 Å². The number of likely N-dealkylation sites (tertiary alicyclic amines) is 1. The van der Waals surface area contributed by atoms with E-state index in [9.17, 15) is 0 Å². The summed E-state index contributed by atoms with van der Waals surface area (Å²) in [4.78, 5) is 5.56. The molecule has 2 aliphatic carbocycles. The maximum atomic E-state index is 2.86. The average Bonchev–Trinajstić information content (AvgIpc) is 3.24. The van der Waals surface area contributed by atoms with Crippen LogP contribution < -0.4 is 0 Å². The summed E-state index contributed by atoms with van der Waals surface area (Å²) in [6.45, 7) is 7.29. The van der Waals surface area contributed by atoms with Crippen molar-refractivity contribution in [2.75, 3.05) is 19.6 Å². The van der Waals surface area contributed by atoms with Crippen molar-refractivity contribution in [1.29, 1.82) is 0 Å². The van der Waals surface area contributed by atoms with Crippen molar-refractivity contribution < 1.29 is 0 Å². The number of rotatable bonds is 5. The van der Waals surface area contributed by atoms with Crippen molar-refractivity contribution in [2.24, 2.45) is 11.8 Å². The predicted molar refractivity (Wildman–Crippen MR) is 96.4 cm³/mol. The third-order valence-electron chi connectivity index (χ3n) is 6.82. The minimum absolute atomic E-state index is 0.787. The molecule has 0 unspecified atom stereocenters. The van der Waals surface area contributed by atoms with Gasteiger partial charge in [0.25, 0.3) is 0 Å². The lowest BCUT2D eigenvalue weighted by molar-refractivity contribution is 0.0631. The standard InChI is InChI=1S/C21H32N2/c1-2-22(16-17-6-4-3-5-7-17)20-10-12-23(13-11-20)21-15-18-8-9-19(21)14-18/h3-7,18-21H,2,8-16H2,1H3/t18-,19-,21-/m0/s1. The Morgan fingerprint density at radius 1 is 1.00 bits per heavy atom. The van der Waals surface area contributed by atoms with Crippen molar-refractivity contribution in [1.82, 2.24) is 9.80 Å². The first kappa shape index (κ1) is 15.7. The highest BCUT2D eigenvalue weighted by Crippen LogP contribution is 2.47. The van der Waals surface area contributed by atoms with E-state index >= 15 is 0 Å². The molecule has 0 aromatic heterocycles. The molecule has 1 heterocycles. The highest BCUT2D eigenvalue weighted by atomic mass is 15.2. The monoisotopic (exact) mass is 312 g/mol. The first-order valence-electron chi connectivity index (χ1n) is 9.85. The third kappa shape index (κ3) is 3.34. The fourth-order valence-corrected chi connectivity index (χ4v) is 5.56. The summed E-state index contributed by atoms with van der Waals surface area (Å²) in [7, 11) is 0. The number of fused-ring (bicyclic) bond motifs is 2. The van der Waals surface area contributed by atoms with Crippen LogP contribution in [0.4, 0.5) is 0 Å². The van der Waals surface area contributed by atoms with Crippen LogP contribution >= 0.6 is 0 Å². The van der Waals surface area contributed by atoms with Gasteiger partial charge in [-0.3, -0.25) is 9.80 Å². The molecule has 0 N–H and O–H groups in total. The van der Waals surface area contributed by atoms with Crippen LogP contribution in [0.1, 0.15) is 51.0 Å². The van der Waals surface area contributed by atoms with Crippen LogP contribution in [0, 0.1) is 11.8 Å². The Labute approximate surface area is 141 Å². The van der Waals surface area contributed by atoms with Gasteiger partial charge in [-0.15, -0.1) is 0 Å². The van der Waals surface area contributed by atoms with Gasteiger partial charge in [0.15, 0.2) is 0 Å². The molecule has 3 atom stereocenters. The molecule has 2 nitrogen and oxygen atoms in total. The molecule has 1 aliphatic heterocycles. The molecular weight excluding hydrogens is 280 g/mol. The summed E-state index contributed by atoms with van der Waals surface area (Å²) in [5.41, 5.74) is 1.46. The maximum absolute atomic E-state index is 2.86. The lowest BCUT2D eigenvalue weighted by atomic mass is 9.91. The van der Waals surface area contributed by atoms with Crippen LogP contribution in [0.2, 0.25) is 0 Å². The highest BCUT2D eigenvalue weighted by Gasteiger charge is 2.43. The molecule has 3 fully saturated rings. The Balaban J connectivity index is 1.31. The fourth-order valence-electron chi connectivity index (χ4n) is 5.56. The van der Waals surface area contributed by atoms with E-state index in [2.05, 4.69) is 47.1 Å². The van der Waals surface area contributed by atoms with E-state index in [4.69, 9.17) is 0 Å². The van der Waals surface area contributed by atoms with Gasteiger partial charge in [0.05, 0.1) is 0 Å². The second-order valence-corrected chi connectivity index (χ2v) is 8.06. The van der Waals surface area contributed by atoms with E-state index in [1.165, 1.54) is 57.3 Å². The molecule has 4 rings (SSSR count). The number of nitrogens with zero attached hydrogens (tertiary/aromatic N) is 2. The molecule has 1 aromatic rings. The normalized spacial score (nSPS) is 32.0. The zero-order valence-corrected chi connectivity index (χ0v) is 14.7. The number of hydrogen-bond acceptors (Lipinski definition) is 2. The molecule has 2 heteroatoms. The maximum Gasteiger partial charge on any atom is 0.0236 e. The van der Waals surface area contributed by atoms with Crippen LogP contribution in [0.25, 0.3) is 0 Å². The van der Waals surface area contributed by atoms with Gasteiger partial charge in [0.1, 0.15) is 0 Å². The van der Waals surface area contributed by atoms with E-state index in [0.717, 1.165) is 30.5 Å². The lowest BCUT2D eigenvalue weighted by Crippen LogP contribution is -2.49. The molecule has 3 aliphatic rings. The van der Waals surface area contributed by atoms with Crippen LogP contribution in [-0.4, -0.2) is 41.5 Å².